The quantitative estimate of drug-likeness (QED) is 0.828. The van der Waals surface area contributed by atoms with Crippen molar-refractivity contribution in [2.24, 2.45) is 5.92 Å². The molecule has 1 aromatic carbocycles. The van der Waals surface area contributed by atoms with Gasteiger partial charge in [0.05, 0.1) is 5.56 Å². The molecule has 0 spiro atoms. The zero-order chi connectivity index (χ0) is 17.3. The average molecular weight is 363 g/mol. The van der Waals surface area contributed by atoms with E-state index < -0.39 is 0 Å². The summed E-state index contributed by atoms with van der Waals surface area (Å²) >= 11 is 7.50. The van der Waals surface area contributed by atoms with E-state index in [-0.39, 0.29) is 11.8 Å². The molecule has 1 aliphatic carbocycles. The van der Waals surface area contributed by atoms with Crippen LogP contribution in [-0.2, 0) is 17.6 Å². The molecule has 3 rings (SSSR count). The van der Waals surface area contributed by atoms with Gasteiger partial charge < -0.3 is 10.6 Å². The third-order valence-corrected chi connectivity index (χ3v) is 5.52. The smallest absolute Gasteiger partial charge is 0.258 e. The van der Waals surface area contributed by atoms with Crippen molar-refractivity contribution in [2.45, 2.75) is 33.1 Å². The first-order valence-corrected chi connectivity index (χ1v) is 9.12. The van der Waals surface area contributed by atoms with Crippen LogP contribution < -0.4 is 10.6 Å². The molecule has 2 amide bonds. The molecule has 1 aromatic heterocycles. The molecule has 4 nitrogen and oxygen atoms in total. The van der Waals surface area contributed by atoms with Gasteiger partial charge in [0.25, 0.3) is 5.91 Å². The third kappa shape index (κ3) is 3.62. The number of halogens is 1. The van der Waals surface area contributed by atoms with E-state index in [1.807, 2.05) is 0 Å². The number of rotatable bonds is 3. The summed E-state index contributed by atoms with van der Waals surface area (Å²) in [4.78, 5) is 25.6. The fourth-order valence-electron chi connectivity index (χ4n) is 3.00. The molecule has 2 N–H and O–H groups in total. The summed E-state index contributed by atoms with van der Waals surface area (Å²) in [6, 6.07) is 7.05. The molecular formula is C18H19ClN2O2S. The molecule has 0 bridgehead atoms. The first-order valence-electron chi connectivity index (χ1n) is 7.93. The number of nitrogens with one attached hydrogen (secondary N) is 2. The summed E-state index contributed by atoms with van der Waals surface area (Å²) < 4.78 is 0. The van der Waals surface area contributed by atoms with Gasteiger partial charge in [-0.05, 0) is 48.9 Å². The zero-order valence-corrected chi connectivity index (χ0v) is 15.2. The van der Waals surface area contributed by atoms with Crippen LogP contribution in [0.2, 0.25) is 5.02 Å². The summed E-state index contributed by atoms with van der Waals surface area (Å²) in [6.45, 7) is 3.67. The van der Waals surface area contributed by atoms with Crippen molar-refractivity contribution in [3.05, 3.63) is 45.3 Å². The number of thiophene rings is 1. The van der Waals surface area contributed by atoms with Crippen molar-refractivity contribution in [1.29, 1.82) is 0 Å². The van der Waals surface area contributed by atoms with Gasteiger partial charge in [-0.25, -0.2) is 0 Å². The van der Waals surface area contributed by atoms with Crippen LogP contribution in [0.4, 0.5) is 10.7 Å². The maximum absolute atomic E-state index is 12.8. The van der Waals surface area contributed by atoms with E-state index in [4.69, 9.17) is 11.6 Å². The zero-order valence-electron chi connectivity index (χ0n) is 13.6. The first kappa shape index (κ1) is 17.0. The Kier molecular flexibility index (Phi) is 4.92. The lowest BCUT2D eigenvalue weighted by atomic mass is 9.88. The highest BCUT2D eigenvalue weighted by atomic mass is 35.5. The number of carbonyl (C=O) groups excluding carboxylic acids is 2. The highest BCUT2D eigenvalue weighted by Gasteiger charge is 2.28. The van der Waals surface area contributed by atoms with Crippen molar-refractivity contribution in [3.63, 3.8) is 0 Å². The molecule has 0 saturated heterocycles. The molecule has 0 fully saturated rings. The minimum absolute atomic E-state index is 0.168. The molecule has 2 aromatic rings. The van der Waals surface area contributed by atoms with E-state index in [0.29, 0.717) is 27.2 Å². The van der Waals surface area contributed by atoms with Crippen molar-refractivity contribution in [1.82, 2.24) is 0 Å². The van der Waals surface area contributed by atoms with Crippen LogP contribution >= 0.6 is 22.9 Å². The Bertz CT molecular complexity index is 800. The van der Waals surface area contributed by atoms with Crippen molar-refractivity contribution in [2.75, 3.05) is 10.6 Å². The average Bonchev–Trinajstić information content (AvgIpc) is 2.83. The van der Waals surface area contributed by atoms with Gasteiger partial charge in [0, 0.05) is 22.5 Å². The number of hydrogen-bond donors (Lipinski definition) is 2. The molecule has 0 radical (unpaired) electrons. The van der Waals surface area contributed by atoms with Gasteiger partial charge in [-0.15, -0.1) is 11.3 Å². The molecule has 0 aliphatic heterocycles. The fourth-order valence-corrected chi connectivity index (χ4v) is 4.64. The molecule has 0 saturated carbocycles. The maximum Gasteiger partial charge on any atom is 0.258 e. The van der Waals surface area contributed by atoms with Crippen molar-refractivity contribution < 1.29 is 9.59 Å². The van der Waals surface area contributed by atoms with Gasteiger partial charge >= 0.3 is 0 Å². The Morgan fingerprint density at radius 1 is 1.29 bits per heavy atom. The summed E-state index contributed by atoms with van der Waals surface area (Å²) in [5, 5.41) is 6.91. The Morgan fingerprint density at radius 2 is 2.08 bits per heavy atom. The fraction of sp³-hybridized carbons (Fsp3) is 0.333. The van der Waals surface area contributed by atoms with Crippen LogP contribution in [0.25, 0.3) is 0 Å². The van der Waals surface area contributed by atoms with Gasteiger partial charge in [0.15, 0.2) is 0 Å². The normalized spacial score (nSPS) is 16.4. The number of amides is 2. The van der Waals surface area contributed by atoms with Gasteiger partial charge in [0.1, 0.15) is 5.00 Å². The Hall–Kier alpha value is -1.85. The van der Waals surface area contributed by atoms with Crippen molar-refractivity contribution >= 4 is 45.4 Å². The third-order valence-electron chi connectivity index (χ3n) is 4.11. The van der Waals surface area contributed by atoms with E-state index in [1.165, 1.54) is 23.1 Å². The van der Waals surface area contributed by atoms with E-state index >= 15 is 0 Å². The number of carbonyl (C=O) groups is 2. The van der Waals surface area contributed by atoms with Crippen LogP contribution in [0.1, 0.15) is 41.1 Å². The summed E-state index contributed by atoms with van der Waals surface area (Å²) in [6.07, 6.45) is 2.88. The lowest BCUT2D eigenvalue weighted by molar-refractivity contribution is -0.114. The summed E-state index contributed by atoms with van der Waals surface area (Å²) in [5.41, 5.74) is 2.31. The first-order chi connectivity index (χ1) is 11.4. The minimum Gasteiger partial charge on any atom is -0.322 e. The second kappa shape index (κ2) is 6.95. The predicted molar refractivity (Wildman–Crippen MR) is 99.2 cm³/mol. The van der Waals surface area contributed by atoms with E-state index in [0.717, 1.165) is 24.8 Å². The topological polar surface area (TPSA) is 58.2 Å². The molecule has 6 heteroatoms. The summed E-state index contributed by atoms with van der Waals surface area (Å²) in [7, 11) is 0. The highest BCUT2D eigenvalue weighted by molar-refractivity contribution is 7.17. The molecule has 1 atom stereocenters. The van der Waals surface area contributed by atoms with Gasteiger partial charge in [0.2, 0.25) is 5.91 Å². The second-order valence-electron chi connectivity index (χ2n) is 6.20. The standard InChI is InChI=1S/C18H19ClN2O2S/c1-10-6-7-14-15(8-10)24-18(20-11(2)22)16(14)17(23)21-13-5-3-4-12(19)9-13/h3-5,9-10H,6-8H2,1-2H3,(H,20,22)(H,21,23)/t10-/m1/s1. The lowest BCUT2D eigenvalue weighted by Crippen LogP contribution is -2.18. The second-order valence-corrected chi connectivity index (χ2v) is 7.74. The molecular weight excluding hydrogens is 344 g/mol. The Labute approximate surface area is 150 Å². The molecule has 1 heterocycles. The SMILES string of the molecule is CC(=O)Nc1sc2c(c1C(=O)Nc1cccc(Cl)c1)CC[C@@H](C)C2. The van der Waals surface area contributed by atoms with Gasteiger partial charge in [-0.3, -0.25) is 9.59 Å². The van der Waals surface area contributed by atoms with Gasteiger partial charge in [-0.2, -0.15) is 0 Å². The van der Waals surface area contributed by atoms with E-state index in [2.05, 4.69) is 17.6 Å². The Morgan fingerprint density at radius 3 is 2.79 bits per heavy atom. The van der Waals surface area contributed by atoms with E-state index in [1.54, 1.807) is 24.3 Å². The molecule has 24 heavy (non-hydrogen) atoms. The van der Waals surface area contributed by atoms with Crippen LogP contribution in [0.3, 0.4) is 0 Å². The summed E-state index contributed by atoms with van der Waals surface area (Å²) in [5.74, 6) is 0.233. The van der Waals surface area contributed by atoms with Crippen LogP contribution in [-0.4, -0.2) is 11.8 Å². The molecule has 0 unspecified atom stereocenters. The number of benzene rings is 1. The van der Waals surface area contributed by atoms with Crippen molar-refractivity contribution in [3.8, 4) is 0 Å². The maximum atomic E-state index is 12.8. The molecule has 126 valence electrons. The van der Waals surface area contributed by atoms with Gasteiger partial charge in [-0.1, -0.05) is 24.6 Å². The highest BCUT2D eigenvalue weighted by Crippen LogP contribution is 2.40. The number of fused-ring (bicyclic) bond motifs is 1. The lowest BCUT2D eigenvalue weighted by Gasteiger charge is -2.18. The Balaban J connectivity index is 1.95. The largest absolute Gasteiger partial charge is 0.322 e. The van der Waals surface area contributed by atoms with Crippen LogP contribution in [0, 0.1) is 5.92 Å². The monoisotopic (exact) mass is 362 g/mol. The van der Waals surface area contributed by atoms with Crippen LogP contribution in [0.5, 0.6) is 0 Å². The number of hydrogen-bond acceptors (Lipinski definition) is 3. The minimum atomic E-state index is -0.201. The van der Waals surface area contributed by atoms with E-state index in [9.17, 15) is 9.59 Å². The predicted octanol–water partition coefficient (Wildman–Crippen LogP) is 4.74. The molecule has 1 aliphatic rings. The van der Waals surface area contributed by atoms with Crippen LogP contribution in [0.15, 0.2) is 24.3 Å². The number of anilines is 2.